The molecule has 1 aliphatic carbocycles. The number of carbonyl (C=O) groups is 1. The summed E-state index contributed by atoms with van der Waals surface area (Å²) in [6.07, 6.45) is 6.84. The van der Waals surface area contributed by atoms with Crippen molar-refractivity contribution < 1.29 is 4.79 Å². The Kier molecular flexibility index (Phi) is 4.73. The van der Waals surface area contributed by atoms with Crippen LogP contribution < -0.4 is 0 Å². The average molecular weight is 218 g/mol. The van der Waals surface area contributed by atoms with Gasteiger partial charge in [0.15, 0.2) is 0 Å². The van der Waals surface area contributed by atoms with Gasteiger partial charge in [-0.1, -0.05) is 26.2 Å². The molecule has 0 aromatic heterocycles. The highest BCUT2D eigenvalue weighted by Gasteiger charge is 2.25. The van der Waals surface area contributed by atoms with Crippen LogP contribution in [0, 0.1) is 0 Å². The molecule has 0 aliphatic heterocycles. The fourth-order valence-electron chi connectivity index (χ4n) is 2.04. The van der Waals surface area contributed by atoms with Gasteiger partial charge < -0.3 is 4.90 Å². The van der Waals surface area contributed by atoms with E-state index in [-0.39, 0.29) is 11.3 Å². The van der Waals surface area contributed by atoms with Crippen LogP contribution in [0.1, 0.15) is 45.4 Å². The van der Waals surface area contributed by atoms with E-state index in [1.165, 1.54) is 19.3 Å². The molecule has 0 bridgehead atoms. The molecule has 1 saturated carbocycles. The van der Waals surface area contributed by atoms with Crippen LogP contribution in [0.3, 0.4) is 0 Å². The molecule has 1 unspecified atom stereocenters. The van der Waals surface area contributed by atoms with Gasteiger partial charge in [-0.2, -0.15) is 0 Å². The van der Waals surface area contributed by atoms with Crippen LogP contribution in [0.15, 0.2) is 0 Å². The summed E-state index contributed by atoms with van der Waals surface area (Å²) >= 11 is 5.94. The van der Waals surface area contributed by atoms with Crippen molar-refractivity contribution >= 4 is 17.5 Å². The van der Waals surface area contributed by atoms with Gasteiger partial charge >= 0.3 is 0 Å². The highest BCUT2D eigenvalue weighted by atomic mass is 35.5. The molecule has 0 aromatic rings. The lowest BCUT2D eigenvalue weighted by Crippen LogP contribution is -2.42. The maximum atomic E-state index is 11.8. The van der Waals surface area contributed by atoms with Gasteiger partial charge in [-0.05, 0) is 19.3 Å². The summed E-state index contributed by atoms with van der Waals surface area (Å²) in [6, 6.07) is 0.434. The second-order valence-corrected chi connectivity index (χ2v) is 4.64. The Balaban J connectivity index is 2.45. The van der Waals surface area contributed by atoms with Crippen molar-refractivity contribution in [2.75, 3.05) is 7.05 Å². The second-order valence-electron chi connectivity index (χ2n) is 4.12. The Labute approximate surface area is 91.6 Å². The van der Waals surface area contributed by atoms with Gasteiger partial charge in [0.1, 0.15) is 5.38 Å². The van der Waals surface area contributed by atoms with Gasteiger partial charge in [-0.15, -0.1) is 11.6 Å². The lowest BCUT2D eigenvalue weighted by atomic mass is 9.94. The van der Waals surface area contributed by atoms with Gasteiger partial charge in [-0.3, -0.25) is 4.79 Å². The zero-order valence-corrected chi connectivity index (χ0v) is 9.89. The van der Waals surface area contributed by atoms with Crippen molar-refractivity contribution in [3.05, 3.63) is 0 Å². The van der Waals surface area contributed by atoms with Crippen LogP contribution in [0.4, 0.5) is 0 Å². The summed E-state index contributed by atoms with van der Waals surface area (Å²) < 4.78 is 0. The molecule has 1 fully saturated rings. The van der Waals surface area contributed by atoms with Crippen molar-refractivity contribution in [3.63, 3.8) is 0 Å². The van der Waals surface area contributed by atoms with Gasteiger partial charge in [0, 0.05) is 13.1 Å². The Morgan fingerprint density at radius 2 is 2.00 bits per heavy atom. The lowest BCUT2D eigenvalue weighted by Gasteiger charge is -2.32. The molecule has 3 heteroatoms. The van der Waals surface area contributed by atoms with E-state index in [2.05, 4.69) is 0 Å². The summed E-state index contributed by atoms with van der Waals surface area (Å²) in [5.41, 5.74) is 0. The molecule has 0 heterocycles. The highest BCUT2D eigenvalue weighted by molar-refractivity contribution is 6.30. The highest BCUT2D eigenvalue weighted by Crippen LogP contribution is 2.22. The number of rotatable bonds is 3. The second kappa shape index (κ2) is 5.59. The Hall–Kier alpha value is -0.240. The molecule has 1 aliphatic rings. The molecular weight excluding hydrogens is 198 g/mol. The van der Waals surface area contributed by atoms with Gasteiger partial charge in [0.05, 0.1) is 0 Å². The predicted molar refractivity (Wildman–Crippen MR) is 59.6 cm³/mol. The normalized spacial score (nSPS) is 20.5. The third-order valence-electron chi connectivity index (χ3n) is 3.10. The minimum Gasteiger partial charge on any atom is -0.341 e. The molecule has 82 valence electrons. The molecule has 0 radical (unpaired) electrons. The van der Waals surface area contributed by atoms with Crippen LogP contribution in [0.2, 0.25) is 0 Å². The molecule has 1 amide bonds. The number of hydrogen-bond donors (Lipinski definition) is 0. The molecule has 0 N–H and O–H groups in total. The molecule has 1 rings (SSSR count). The largest absolute Gasteiger partial charge is 0.341 e. The summed E-state index contributed by atoms with van der Waals surface area (Å²) in [4.78, 5) is 13.6. The quantitative estimate of drug-likeness (QED) is 0.666. The van der Waals surface area contributed by atoms with E-state index >= 15 is 0 Å². The summed E-state index contributed by atoms with van der Waals surface area (Å²) in [5.74, 6) is 0.0982. The number of alkyl halides is 1. The standard InChI is InChI=1S/C11H20ClNO/c1-3-10(12)11(14)13(2)9-7-5-4-6-8-9/h9-10H,3-8H2,1-2H3. The van der Waals surface area contributed by atoms with Crippen molar-refractivity contribution in [1.29, 1.82) is 0 Å². The number of halogens is 1. The molecule has 14 heavy (non-hydrogen) atoms. The summed E-state index contributed by atoms with van der Waals surface area (Å²) in [7, 11) is 1.89. The molecule has 0 saturated heterocycles. The lowest BCUT2D eigenvalue weighted by molar-refractivity contribution is -0.132. The number of hydrogen-bond acceptors (Lipinski definition) is 1. The number of carbonyl (C=O) groups excluding carboxylic acids is 1. The SMILES string of the molecule is CCC(Cl)C(=O)N(C)C1CCCCC1. The molecular formula is C11H20ClNO. The summed E-state index contributed by atoms with van der Waals surface area (Å²) in [5, 5.41) is -0.332. The van der Waals surface area contributed by atoms with Crippen LogP contribution in [0.25, 0.3) is 0 Å². The van der Waals surface area contributed by atoms with E-state index in [4.69, 9.17) is 11.6 Å². The van der Waals surface area contributed by atoms with E-state index in [0.29, 0.717) is 6.04 Å². The monoisotopic (exact) mass is 217 g/mol. The van der Waals surface area contributed by atoms with Crippen molar-refractivity contribution in [2.45, 2.75) is 56.9 Å². The number of amides is 1. The van der Waals surface area contributed by atoms with Crippen LogP contribution in [-0.2, 0) is 4.79 Å². The van der Waals surface area contributed by atoms with E-state index in [1.54, 1.807) is 0 Å². The first-order valence-corrected chi connectivity index (χ1v) is 6.01. The van der Waals surface area contributed by atoms with Crippen LogP contribution in [-0.4, -0.2) is 29.3 Å². The van der Waals surface area contributed by atoms with E-state index < -0.39 is 0 Å². The molecule has 1 atom stereocenters. The van der Waals surface area contributed by atoms with Gasteiger partial charge in [-0.25, -0.2) is 0 Å². The first-order valence-electron chi connectivity index (χ1n) is 5.57. The molecule has 0 aromatic carbocycles. The van der Waals surface area contributed by atoms with Gasteiger partial charge in [0.25, 0.3) is 0 Å². The van der Waals surface area contributed by atoms with Crippen molar-refractivity contribution in [1.82, 2.24) is 4.90 Å². The van der Waals surface area contributed by atoms with E-state index in [1.807, 2.05) is 18.9 Å². The third kappa shape index (κ3) is 2.88. The van der Waals surface area contributed by atoms with Crippen molar-refractivity contribution in [3.8, 4) is 0 Å². The van der Waals surface area contributed by atoms with Crippen LogP contribution in [0.5, 0.6) is 0 Å². The molecule has 0 spiro atoms. The Morgan fingerprint density at radius 1 is 1.43 bits per heavy atom. The van der Waals surface area contributed by atoms with Crippen molar-refractivity contribution in [2.24, 2.45) is 0 Å². The van der Waals surface area contributed by atoms with E-state index in [0.717, 1.165) is 19.3 Å². The minimum atomic E-state index is -0.332. The van der Waals surface area contributed by atoms with Gasteiger partial charge in [0.2, 0.25) is 5.91 Å². The maximum Gasteiger partial charge on any atom is 0.240 e. The average Bonchev–Trinajstić information content (AvgIpc) is 2.27. The van der Waals surface area contributed by atoms with E-state index in [9.17, 15) is 4.79 Å². The zero-order valence-electron chi connectivity index (χ0n) is 9.13. The fourth-order valence-corrected chi connectivity index (χ4v) is 2.20. The predicted octanol–water partition coefficient (Wildman–Crippen LogP) is 2.79. The Morgan fingerprint density at radius 3 is 2.50 bits per heavy atom. The minimum absolute atomic E-state index is 0.0982. The summed E-state index contributed by atoms with van der Waals surface area (Å²) in [6.45, 7) is 1.95. The fraction of sp³-hybridized carbons (Fsp3) is 0.909. The number of nitrogens with zero attached hydrogens (tertiary/aromatic N) is 1. The zero-order chi connectivity index (χ0) is 10.6. The first kappa shape index (κ1) is 11.8. The topological polar surface area (TPSA) is 20.3 Å². The maximum absolute atomic E-state index is 11.8. The first-order chi connectivity index (χ1) is 6.66. The molecule has 2 nitrogen and oxygen atoms in total. The third-order valence-corrected chi connectivity index (χ3v) is 3.59. The smallest absolute Gasteiger partial charge is 0.240 e. The van der Waals surface area contributed by atoms with Crippen LogP contribution >= 0.6 is 11.6 Å². The Bertz CT molecular complexity index is 190.